The normalized spacial score (nSPS) is 12.8. The molecule has 8 nitrogen and oxygen atoms in total. The second kappa shape index (κ2) is 6.12. The van der Waals surface area contributed by atoms with E-state index >= 15 is 0 Å². The van der Waals surface area contributed by atoms with Gasteiger partial charge in [-0.05, 0) is 39.8 Å². The van der Waals surface area contributed by atoms with Crippen LogP contribution in [0.3, 0.4) is 0 Å². The number of nitrogens with zero attached hydrogens (tertiary/aromatic N) is 4. The summed E-state index contributed by atoms with van der Waals surface area (Å²) in [4.78, 5) is 0. The maximum absolute atomic E-state index is 13.2. The standard InChI is InChI=1S/C15H20N5O3P/c1-9(2)22-24(21,23-10(3)4)15-13(16)20-14(17-18-15)11-7-5-6-8-12(11)19-20/h5-10H,16H2,1-4H3. The Hall–Kier alpha value is -2.02. The molecule has 2 aromatic heterocycles. The van der Waals surface area contributed by atoms with Crippen LogP contribution < -0.4 is 11.2 Å². The van der Waals surface area contributed by atoms with Gasteiger partial charge in [0.25, 0.3) is 0 Å². The monoisotopic (exact) mass is 349 g/mol. The first-order valence-electron chi connectivity index (χ1n) is 7.69. The quantitative estimate of drug-likeness (QED) is 0.706. The highest BCUT2D eigenvalue weighted by Crippen LogP contribution is 2.49. The number of benzene rings is 1. The first-order chi connectivity index (χ1) is 11.3. The van der Waals surface area contributed by atoms with Crippen molar-refractivity contribution in [3.05, 3.63) is 24.3 Å². The first kappa shape index (κ1) is 16.8. The molecule has 0 aliphatic rings. The molecule has 3 aromatic rings. The summed E-state index contributed by atoms with van der Waals surface area (Å²) in [6.45, 7) is 7.06. The minimum absolute atomic E-state index is 0.0230. The van der Waals surface area contributed by atoms with Gasteiger partial charge in [-0.3, -0.25) is 4.57 Å². The second-order valence-electron chi connectivity index (χ2n) is 5.97. The van der Waals surface area contributed by atoms with E-state index in [-0.39, 0.29) is 23.5 Å². The lowest BCUT2D eigenvalue weighted by Gasteiger charge is -2.22. The average Bonchev–Trinajstić information content (AvgIpc) is 2.85. The largest absolute Gasteiger partial charge is 0.385 e. The van der Waals surface area contributed by atoms with Gasteiger partial charge in [-0.25, -0.2) is 0 Å². The summed E-state index contributed by atoms with van der Waals surface area (Å²) in [6.07, 6.45) is -0.661. The SMILES string of the molecule is CC(C)OP(=O)(OC(C)C)c1nnc2c3ccccc3nn2c1N. The number of hydrogen-bond donors (Lipinski definition) is 1. The molecule has 9 heteroatoms. The molecule has 24 heavy (non-hydrogen) atoms. The molecule has 2 N–H and O–H groups in total. The highest BCUT2D eigenvalue weighted by molar-refractivity contribution is 7.62. The van der Waals surface area contributed by atoms with Gasteiger partial charge in [0.2, 0.25) is 5.44 Å². The highest BCUT2D eigenvalue weighted by Gasteiger charge is 2.36. The fraction of sp³-hybridized carbons (Fsp3) is 0.400. The van der Waals surface area contributed by atoms with E-state index in [1.165, 1.54) is 4.52 Å². The fourth-order valence-corrected chi connectivity index (χ4v) is 4.29. The number of hydrogen-bond acceptors (Lipinski definition) is 7. The van der Waals surface area contributed by atoms with E-state index in [0.29, 0.717) is 5.65 Å². The highest BCUT2D eigenvalue weighted by atomic mass is 31.2. The van der Waals surface area contributed by atoms with Crippen LogP contribution in [-0.4, -0.2) is 32.0 Å². The summed E-state index contributed by atoms with van der Waals surface area (Å²) in [5.74, 6) is 0.0980. The van der Waals surface area contributed by atoms with Gasteiger partial charge in [-0.1, -0.05) is 12.1 Å². The van der Waals surface area contributed by atoms with Crippen LogP contribution in [0.4, 0.5) is 5.82 Å². The lowest BCUT2D eigenvalue weighted by Crippen LogP contribution is -2.25. The van der Waals surface area contributed by atoms with Gasteiger partial charge >= 0.3 is 7.60 Å². The number of fused-ring (bicyclic) bond motifs is 3. The van der Waals surface area contributed by atoms with Crippen LogP contribution in [-0.2, 0) is 13.6 Å². The molecule has 0 saturated heterocycles. The fourth-order valence-electron chi connectivity index (χ4n) is 2.40. The third-order valence-corrected chi connectivity index (χ3v) is 5.44. The second-order valence-corrected chi connectivity index (χ2v) is 7.81. The van der Waals surface area contributed by atoms with Gasteiger partial charge < -0.3 is 14.8 Å². The van der Waals surface area contributed by atoms with Gasteiger partial charge in [0.15, 0.2) is 11.5 Å². The molecule has 0 aliphatic carbocycles. The van der Waals surface area contributed by atoms with E-state index in [1.807, 2.05) is 24.3 Å². The molecule has 128 valence electrons. The number of rotatable bonds is 5. The topological polar surface area (TPSA) is 105 Å². The lowest BCUT2D eigenvalue weighted by atomic mass is 10.2. The zero-order valence-electron chi connectivity index (χ0n) is 14.0. The van der Waals surface area contributed by atoms with E-state index in [9.17, 15) is 4.57 Å². The van der Waals surface area contributed by atoms with Crippen LogP contribution in [0.1, 0.15) is 27.7 Å². The molecule has 0 aliphatic heterocycles. The predicted molar refractivity (Wildman–Crippen MR) is 92.4 cm³/mol. The van der Waals surface area contributed by atoms with Crippen LogP contribution in [0.5, 0.6) is 0 Å². The van der Waals surface area contributed by atoms with Gasteiger partial charge in [-0.2, -0.15) is 9.61 Å². The van der Waals surface area contributed by atoms with E-state index in [2.05, 4.69) is 15.3 Å². The molecule has 3 rings (SSSR count). The number of nitrogen functional groups attached to an aromatic ring is 1. The Kier molecular flexibility index (Phi) is 4.29. The van der Waals surface area contributed by atoms with Gasteiger partial charge in [-0.15, -0.1) is 10.2 Å². The van der Waals surface area contributed by atoms with Crippen molar-refractivity contribution < 1.29 is 13.6 Å². The van der Waals surface area contributed by atoms with E-state index in [1.54, 1.807) is 27.7 Å². The van der Waals surface area contributed by atoms with Gasteiger partial charge in [0, 0.05) is 5.39 Å². The molecule has 0 spiro atoms. The molecule has 0 saturated carbocycles. The summed E-state index contributed by atoms with van der Waals surface area (Å²) in [5.41, 5.74) is 7.38. The molecular formula is C15H20N5O3P. The molecule has 0 fully saturated rings. The van der Waals surface area contributed by atoms with Crippen LogP contribution in [0.15, 0.2) is 24.3 Å². The molecule has 0 unspecified atom stereocenters. The van der Waals surface area contributed by atoms with Crippen molar-refractivity contribution in [3.63, 3.8) is 0 Å². The Bertz CT molecular complexity index is 923. The Morgan fingerprint density at radius 3 is 2.33 bits per heavy atom. The van der Waals surface area contributed by atoms with Crippen LogP contribution in [0.25, 0.3) is 16.6 Å². The molecule has 0 bridgehead atoms. The molecule has 0 atom stereocenters. The molecule has 2 heterocycles. The Morgan fingerprint density at radius 2 is 1.71 bits per heavy atom. The van der Waals surface area contributed by atoms with Crippen molar-refractivity contribution in [2.24, 2.45) is 0 Å². The lowest BCUT2D eigenvalue weighted by molar-refractivity contribution is 0.149. The van der Waals surface area contributed by atoms with E-state index < -0.39 is 7.60 Å². The number of aromatic nitrogens is 4. The summed E-state index contributed by atoms with van der Waals surface area (Å²) >= 11 is 0. The maximum Gasteiger partial charge on any atom is 0.385 e. The smallest absolute Gasteiger partial charge is 0.381 e. The third kappa shape index (κ3) is 2.88. The van der Waals surface area contributed by atoms with Crippen molar-refractivity contribution in [2.75, 3.05) is 5.73 Å². The van der Waals surface area contributed by atoms with E-state index in [4.69, 9.17) is 14.8 Å². The van der Waals surface area contributed by atoms with Crippen molar-refractivity contribution in [3.8, 4) is 0 Å². The predicted octanol–water partition coefficient (Wildman–Crippen LogP) is 2.53. The van der Waals surface area contributed by atoms with Gasteiger partial charge in [0.05, 0.1) is 17.7 Å². The third-order valence-electron chi connectivity index (χ3n) is 3.21. The number of nitrogens with two attached hydrogens (primary N) is 1. The Morgan fingerprint density at radius 1 is 1.08 bits per heavy atom. The van der Waals surface area contributed by atoms with Crippen molar-refractivity contribution in [1.29, 1.82) is 0 Å². The summed E-state index contributed by atoms with van der Waals surface area (Å²) in [7, 11) is -3.73. The zero-order valence-corrected chi connectivity index (χ0v) is 14.9. The first-order valence-corrected chi connectivity index (χ1v) is 9.23. The molecule has 0 radical (unpaired) electrons. The maximum atomic E-state index is 13.2. The molecule has 1 aromatic carbocycles. The average molecular weight is 349 g/mol. The minimum Gasteiger partial charge on any atom is -0.381 e. The summed E-state index contributed by atoms with van der Waals surface area (Å²) in [5, 5.41) is 13.4. The van der Waals surface area contributed by atoms with Crippen LogP contribution in [0, 0.1) is 0 Å². The van der Waals surface area contributed by atoms with Crippen molar-refractivity contribution in [2.45, 2.75) is 39.9 Å². The summed E-state index contributed by atoms with van der Waals surface area (Å²) < 4.78 is 25.8. The van der Waals surface area contributed by atoms with Crippen molar-refractivity contribution in [1.82, 2.24) is 19.8 Å². The Balaban J connectivity index is 2.22. The summed E-state index contributed by atoms with van der Waals surface area (Å²) in [6, 6.07) is 7.47. The molecule has 0 amide bonds. The Labute approximate surface area is 139 Å². The van der Waals surface area contributed by atoms with Crippen LogP contribution >= 0.6 is 7.60 Å². The van der Waals surface area contributed by atoms with Crippen molar-refractivity contribution >= 4 is 35.4 Å². The van der Waals surface area contributed by atoms with Crippen LogP contribution in [0.2, 0.25) is 0 Å². The van der Waals surface area contributed by atoms with E-state index in [0.717, 1.165) is 10.9 Å². The van der Waals surface area contributed by atoms with Gasteiger partial charge in [0.1, 0.15) is 0 Å². The minimum atomic E-state index is -3.73. The number of anilines is 1. The molecular weight excluding hydrogens is 329 g/mol. The zero-order chi connectivity index (χ0) is 17.5.